The first-order valence-corrected chi connectivity index (χ1v) is 7.30. The van der Waals surface area contributed by atoms with E-state index in [1.165, 1.54) is 6.07 Å². The largest absolute Gasteiger partial charge is 0.345 e. The molecular formula is C18H13F2N3O. The zero-order valence-corrected chi connectivity index (χ0v) is 12.6. The Balaban J connectivity index is 1.55. The fourth-order valence-electron chi connectivity index (χ4n) is 2.18. The molecule has 0 atom stereocenters. The van der Waals surface area contributed by atoms with Gasteiger partial charge in [0.15, 0.2) is 0 Å². The maximum atomic E-state index is 13.4. The third kappa shape index (κ3) is 3.76. The Bertz CT molecular complexity index is 921. The lowest BCUT2D eigenvalue weighted by atomic mass is 10.2. The van der Waals surface area contributed by atoms with Crippen molar-refractivity contribution < 1.29 is 13.6 Å². The Hall–Kier alpha value is -3.20. The van der Waals surface area contributed by atoms with Gasteiger partial charge in [-0.1, -0.05) is 18.1 Å². The third-order valence-electron chi connectivity index (χ3n) is 3.33. The van der Waals surface area contributed by atoms with Gasteiger partial charge in [0.05, 0.1) is 16.6 Å². The molecule has 0 aliphatic carbocycles. The van der Waals surface area contributed by atoms with Crippen LogP contribution in [-0.4, -0.2) is 22.4 Å². The molecule has 3 aromatic rings. The van der Waals surface area contributed by atoms with Gasteiger partial charge in [-0.2, -0.15) is 0 Å². The first-order valence-electron chi connectivity index (χ1n) is 7.30. The van der Waals surface area contributed by atoms with Crippen LogP contribution in [0.3, 0.4) is 0 Å². The van der Waals surface area contributed by atoms with Crippen molar-refractivity contribution in [2.24, 2.45) is 0 Å². The number of carbonyl (C=O) groups excluding carboxylic acids is 1. The summed E-state index contributed by atoms with van der Waals surface area (Å²) in [5.41, 5.74) is 1.78. The monoisotopic (exact) mass is 325 g/mol. The van der Waals surface area contributed by atoms with E-state index in [1.807, 2.05) is 24.3 Å². The number of carbonyl (C=O) groups is 1. The van der Waals surface area contributed by atoms with Gasteiger partial charge in [-0.3, -0.25) is 4.79 Å². The van der Waals surface area contributed by atoms with Crippen molar-refractivity contribution in [3.05, 3.63) is 65.5 Å². The molecule has 1 amide bonds. The van der Waals surface area contributed by atoms with Gasteiger partial charge in [-0.05, 0) is 24.3 Å². The van der Waals surface area contributed by atoms with Crippen LogP contribution in [0.25, 0.3) is 11.0 Å². The Morgan fingerprint density at radius 2 is 2.04 bits per heavy atom. The van der Waals surface area contributed by atoms with E-state index in [9.17, 15) is 13.6 Å². The molecule has 3 rings (SSSR count). The van der Waals surface area contributed by atoms with Crippen molar-refractivity contribution in [3.63, 3.8) is 0 Å². The van der Waals surface area contributed by atoms with E-state index < -0.39 is 17.5 Å². The number of aromatic amines is 1. The minimum Gasteiger partial charge on any atom is -0.345 e. The molecule has 4 nitrogen and oxygen atoms in total. The Morgan fingerprint density at radius 1 is 1.21 bits per heavy atom. The molecule has 120 valence electrons. The quantitative estimate of drug-likeness (QED) is 0.727. The number of rotatable bonds is 3. The van der Waals surface area contributed by atoms with Crippen LogP contribution in [-0.2, 0) is 11.2 Å². The van der Waals surface area contributed by atoms with Gasteiger partial charge in [0.1, 0.15) is 17.5 Å². The van der Waals surface area contributed by atoms with E-state index in [0.717, 1.165) is 29.0 Å². The minimum atomic E-state index is -0.794. The number of nitrogens with zero attached hydrogens (tertiary/aromatic N) is 1. The first-order chi connectivity index (χ1) is 11.6. The fourth-order valence-corrected chi connectivity index (χ4v) is 2.18. The molecule has 0 aliphatic rings. The summed E-state index contributed by atoms with van der Waals surface area (Å²) in [5.74, 6) is 3.41. The van der Waals surface area contributed by atoms with Gasteiger partial charge >= 0.3 is 0 Å². The molecule has 2 N–H and O–H groups in total. The van der Waals surface area contributed by atoms with Crippen LogP contribution in [0.15, 0.2) is 42.5 Å². The number of aromatic nitrogens is 2. The molecule has 2 aromatic carbocycles. The summed E-state index contributed by atoms with van der Waals surface area (Å²) in [6.07, 6.45) is 0.521. The molecule has 0 saturated carbocycles. The molecule has 0 unspecified atom stereocenters. The predicted octanol–water partition coefficient (Wildman–Crippen LogP) is 2.55. The second kappa shape index (κ2) is 6.92. The molecule has 6 heteroatoms. The molecule has 0 bridgehead atoms. The lowest BCUT2D eigenvalue weighted by Crippen LogP contribution is -2.24. The summed E-state index contributed by atoms with van der Waals surface area (Å²) in [4.78, 5) is 19.2. The molecule has 0 spiro atoms. The SMILES string of the molecule is O=C(C#Cc1ccc(F)cc1F)NCCc1nc2ccccc2[nH]1. The van der Waals surface area contributed by atoms with Crippen molar-refractivity contribution in [1.82, 2.24) is 15.3 Å². The summed E-state index contributed by atoms with van der Waals surface area (Å²) in [6, 6.07) is 10.6. The Morgan fingerprint density at radius 3 is 2.83 bits per heavy atom. The Labute approximate surface area is 136 Å². The number of benzene rings is 2. The van der Waals surface area contributed by atoms with Crippen LogP contribution in [0.2, 0.25) is 0 Å². The second-order valence-corrected chi connectivity index (χ2v) is 5.08. The van der Waals surface area contributed by atoms with Crippen LogP contribution >= 0.6 is 0 Å². The molecule has 24 heavy (non-hydrogen) atoms. The van der Waals surface area contributed by atoms with Crippen molar-refractivity contribution >= 4 is 16.9 Å². The van der Waals surface area contributed by atoms with E-state index in [1.54, 1.807) is 0 Å². The number of para-hydroxylation sites is 2. The zero-order chi connectivity index (χ0) is 16.9. The predicted molar refractivity (Wildman–Crippen MR) is 86.0 cm³/mol. The van der Waals surface area contributed by atoms with Gasteiger partial charge in [0.2, 0.25) is 0 Å². The van der Waals surface area contributed by atoms with Crippen LogP contribution in [0.4, 0.5) is 8.78 Å². The maximum Gasteiger partial charge on any atom is 0.296 e. The highest BCUT2D eigenvalue weighted by atomic mass is 19.1. The normalized spacial score (nSPS) is 10.2. The summed E-state index contributed by atoms with van der Waals surface area (Å²) < 4.78 is 26.2. The van der Waals surface area contributed by atoms with E-state index in [0.29, 0.717) is 13.0 Å². The van der Waals surface area contributed by atoms with Crippen molar-refractivity contribution in [2.75, 3.05) is 6.54 Å². The van der Waals surface area contributed by atoms with Gasteiger partial charge in [-0.25, -0.2) is 13.8 Å². The lowest BCUT2D eigenvalue weighted by Gasteiger charge is -1.98. The molecule has 0 saturated heterocycles. The summed E-state index contributed by atoms with van der Waals surface area (Å²) >= 11 is 0. The third-order valence-corrected chi connectivity index (χ3v) is 3.33. The van der Waals surface area contributed by atoms with E-state index >= 15 is 0 Å². The highest BCUT2D eigenvalue weighted by Gasteiger charge is 2.03. The van der Waals surface area contributed by atoms with Crippen LogP contribution in [0, 0.1) is 23.5 Å². The zero-order valence-electron chi connectivity index (χ0n) is 12.6. The van der Waals surface area contributed by atoms with E-state index in [4.69, 9.17) is 0 Å². The molecule has 0 radical (unpaired) electrons. The summed E-state index contributed by atoms with van der Waals surface area (Å²) in [5, 5.41) is 2.61. The van der Waals surface area contributed by atoms with Crippen LogP contribution in [0.1, 0.15) is 11.4 Å². The van der Waals surface area contributed by atoms with Crippen molar-refractivity contribution in [2.45, 2.75) is 6.42 Å². The minimum absolute atomic E-state index is 0.0242. The number of hydrogen-bond donors (Lipinski definition) is 2. The molecule has 1 aromatic heterocycles. The topological polar surface area (TPSA) is 57.8 Å². The highest BCUT2D eigenvalue weighted by Crippen LogP contribution is 2.10. The Kier molecular flexibility index (Phi) is 4.52. The van der Waals surface area contributed by atoms with Gasteiger partial charge < -0.3 is 10.3 Å². The molecule has 0 fully saturated rings. The average molecular weight is 325 g/mol. The van der Waals surface area contributed by atoms with E-state index in [-0.39, 0.29) is 5.56 Å². The first kappa shape index (κ1) is 15.7. The number of H-pyrrole nitrogens is 1. The van der Waals surface area contributed by atoms with E-state index in [2.05, 4.69) is 27.1 Å². The van der Waals surface area contributed by atoms with Gasteiger partial charge in [0, 0.05) is 25.0 Å². The lowest BCUT2D eigenvalue weighted by molar-refractivity contribution is -0.115. The number of fused-ring (bicyclic) bond motifs is 1. The smallest absolute Gasteiger partial charge is 0.296 e. The molecule has 0 aliphatic heterocycles. The summed E-state index contributed by atoms with van der Waals surface area (Å²) in [7, 11) is 0. The van der Waals surface area contributed by atoms with Gasteiger partial charge in [0.25, 0.3) is 5.91 Å². The standard InChI is InChI=1S/C18H13F2N3O/c19-13-7-5-12(14(20)11-13)6-8-18(24)21-10-9-17-22-15-3-1-2-4-16(15)23-17/h1-5,7,11H,9-10H2,(H,21,24)(H,22,23). The number of halogens is 2. The highest BCUT2D eigenvalue weighted by molar-refractivity contribution is 5.94. The maximum absolute atomic E-state index is 13.4. The second-order valence-electron chi connectivity index (χ2n) is 5.08. The number of imidazole rings is 1. The van der Waals surface area contributed by atoms with Crippen LogP contribution < -0.4 is 5.32 Å². The van der Waals surface area contributed by atoms with Gasteiger partial charge in [-0.15, -0.1) is 0 Å². The molecular weight excluding hydrogens is 312 g/mol. The average Bonchev–Trinajstić information content (AvgIpc) is 2.96. The fraction of sp³-hybridized carbons (Fsp3) is 0.111. The van der Waals surface area contributed by atoms with Crippen molar-refractivity contribution in [1.29, 1.82) is 0 Å². The molecule has 1 heterocycles. The summed E-state index contributed by atoms with van der Waals surface area (Å²) in [6.45, 7) is 0.346. The van der Waals surface area contributed by atoms with Crippen LogP contribution in [0.5, 0.6) is 0 Å². The van der Waals surface area contributed by atoms with Crippen molar-refractivity contribution in [3.8, 4) is 11.8 Å². The number of hydrogen-bond acceptors (Lipinski definition) is 2. The number of amides is 1. The number of nitrogens with one attached hydrogen (secondary N) is 2.